The standard InChI is InChI=1S/C16H29N3S/c1-13(2)10-17-11-14-12-20-16(18-14)19(3)15-8-6-4-5-7-9-15/h12-13,15,17H,4-11H2,1-3H3. The van der Waals surface area contributed by atoms with Crippen LogP contribution in [0.15, 0.2) is 5.38 Å². The van der Waals surface area contributed by atoms with Crippen LogP contribution in [0, 0.1) is 5.92 Å². The number of nitrogens with zero attached hydrogens (tertiary/aromatic N) is 2. The Kier molecular flexibility index (Phi) is 6.30. The van der Waals surface area contributed by atoms with Gasteiger partial charge in [-0.15, -0.1) is 11.3 Å². The van der Waals surface area contributed by atoms with E-state index in [1.54, 1.807) is 11.3 Å². The van der Waals surface area contributed by atoms with Crippen molar-refractivity contribution in [3.8, 4) is 0 Å². The second kappa shape index (κ2) is 7.99. The van der Waals surface area contributed by atoms with Gasteiger partial charge in [0.2, 0.25) is 0 Å². The van der Waals surface area contributed by atoms with Crippen molar-refractivity contribution in [1.82, 2.24) is 10.3 Å². The average Bonchev–Trinajstić information content (AvgIpc) is 2.72. The highest BCUT2D eigenvalue weighted by Gasteiger charge is 2.19. The first-order valence-electron chi connectivity index (χ1n) is 8.04. The molecule has 1 fully saturated rings. The maximum atomic E-state index is 4.79. The van der Waals surface area contributed by atoms with Crippen molar-refractivity contribution in [1.29, 1.82) is 0 Å². The van der Waals surface area contributed by atoms with Gasteiger partial charge < -0.3 is 10.2 Å². The summed E-state index contributed by atoms with van der Waals surface area (Å²) in [5, 5.41) is 6.87. The number of hydrogen-bond donors (Lipinski definition) is 1. The number of aromatic nitrogens is 1. The molecule has 1 saturated carbocycles. The van der Waals surface area contributed by atoms with E-state index < -0.39 is 0 Å². The fraction of sp³-hybridized carbons (Fsp3) is 0.812. The van der Waals surface area contributed by atoms with Crippen molar-refractivity contribution >= 4 is 16.5 Å². The molecule has 0 bridgehead atoms. The smallest absolute Gasteiger partial charge is 0.185 e. The van der Waals surface area contributed by atoms with Crippen LogP contribution in [0.1, 0.15) is 58.1 Å². The lowest BCUT2D eigenvalue weighted by Gasteiger charge is -2.26. The van der Waals surface area contributed by atoms with E-state index >= 15 is 0 Å². The van der Waals surface area contributed by atoms with E-state index in [1.807, 2.05) is 0 Å². The highest BCUT2D eigenvalue weighted by Crippen LogP contribution is 2.27. The molecule has 114 valence electrons. The van der Waals surface area contributed by atoms with Crippen LogP contribution in [0.25, 0.3) is 0 Å². The lowest BCUT2D eigenvalue weighted by molar-refractivity contribution is 0.544. The topological polar surface area (TPSA) is 28.2 Å². The Morgan fingerprint density at radius 2 is 2.00 bits per heavy atom. The first kappa shape index (κ1) is 15.8. The molecule has 0 spiro atoms. The van der Waals surface area contributed by atoms with E-state index in [0.717, 1.165) is 13.1 Å². The monoisotopic (exact) mass is 295 g/mol. The predicted molar refractivity (Wildman–Crippen MR) is 88.6 cm³/mol. The Balaban J connectivity index is 1.86. The first-order valence-corrected chi connectivity index (χ1v) is 8.92. The molecule has 0 saturated heterocycles. The third-order valence-electron chi connectivity index (χ3n) is 4.07. The lowest BCUT2D eigenvalue weighted by Crippen LogP contribution is -2.31. The van der Waals surface area contributed by atoms with Gasteiger partial charge in [-0.3, -0.25) is 0 Å². The van der Waals surface area contributed by atoms with Gasteiger partial charge in [0.25, 0.3) is 0 Å². The highest BCUT2D eigenvalue weighted by molar-refractivity contribution is 7.13. The largest absolute Gasteiger partial charge is 0.348 e. The molecule has 1 aromatic rings. The van der Waals surface area contributed by atoms with Crippen molar-refractivity contribution in [3.63, 3.8) is 0 Å². The molecule has 2 rings (SSSR count). The second-order valence-electron chi connectivity index (χ2n) is 6.40. The van der Waals surface area contributed by atoms with Crippen LogP contribution in [-0.4, -0.2) is 24.6 Å². The van der Waals surface area contributed by atoms with Crippen molar-refractivity contribution in [2.24, 2.45) is 5.92 Å². The van der Waals surface area contributed by atoms with E-state index in [9.17, 15) is 0 Å². The Hall–Kier alpha value is -0.610. The van der Waals surface area contributed by atoms with Crippen LogP contribution in [-0.2, 0) is 6.54 Å². The zero-order valence-corrected chi connectivity index (χ0v) is 14.0. The van der Waals surface area contributed by atoms with Gasteiger partial charge >= 0.3 is 0 Å². The van der Waals surface area contributed by atoms with Crippen LogP contribution in [0.3, 0.4) is 0 Å². The fourth-order valence-electron chi connectivity index (χ4n) is 2.83. The van der Waals surface area contributed by atoms with Gasteiger partial charge in [-0.25, -0.2) is 4.98 Å². The summed E-state index contributed by atoms with van der Waals surface area (Å²) in [5.41, 5.74) is 1.19. The van der Waals surface area contributed by atoms with Crippen LogP contribution >= 0.6 is 11.3 Å². The molecule has 1 heterocycles. The molecule has 1 aromatic heterocycles. The highest BCUT2D eigenvalue weighted by atomic mass is 32.1. The zero-order chi connectivity index (χ0) is 14.4. The minimum Gasteiger partial charge on any atom is -0.348 e. The summed E-state index contributed by atoms with van der Waals surface area (Å²) in [5.74, 6) is 0.696. The quantitative estimate of drug-likeness (QED) is 0.803. The van der Waals surface area contributed by atoms with E-state index in [0.29, 0.717) is 12.0 Å². The van der Waals surface area contributed by atoms with Gasteiger partial charge in [-0.2, -0.15) is 0 Å². The van der Waals surface area contributed by atoms with Crippen molar-refractivity contribution in [3.05, 3.63) is 11.1 Å². The van der Waals surface area contributed by atoms with Gasteiger partial charge in [0, 0.05) is 25.0 Å². The van der Waals surface area contributed by atoms with E-state index in [-0.39, 0.29) is 0 Å². The zero-order valence-electron chi connectivity index (χ0n) is 13.2. The van der Waals surface area contributed by atoms with Gasteiger partial charge in [0.1, 0.15) is 0 Å². The number of rotatable bonds is 6. The van der Waals surface area contributed by atoms with Crippen molar-refractivity contribution in [2.45, 2.75) is 65.0 Å². The number of hydrogen-bond acceptors (Lipinski definition) is 4. The lowest BCUT2D eigenvalue weighted by atomic mass is 10.1. The van der Waals surface area contributed by atoms with Gasteiger partial charge in [-0.05, 0) is 25.3 Å². The summed E-state index contributed by atoms with van der Waals surface area (Å²) < 4.78 is 0. The van der Waals surface area contributed by atoms with Crippen LogP contribution in [0.2, 0.25) is 0 Å². The van der Waals surface area contributed by atoms with E-state index in [1.165, 1.54) is 49.4 Å². The Labute approximate surface area is 127 Å². The number of thiazole rings is 1. The first-order chi connectivity index (χ1) is 9.66. The summed E-state index contributed by atoms with van der Waals surface area (Å²) in [7, 11) is 2.22. The maximum Gasteiger partial charge on any atom is 0.185 e. The Morgan fingerprint density at radius 3 is 2.65 bits per heavy atom. The van der Waals surface area contributed by atoms with Crippen LogP contribution in [0.5, 0.6) is 0 Å². The molecule has 0 aliphatic heterocycles. The molecular weight excluding hydrogens is 266 g/mol. The third kappa shape index (κ3) is 4.74. The molecule has 0 aromatic carbocycles. The molecule has 0 amide bonds. The molecule has 3 nitrogen and oxygen atoms in total. The second-order valence-corrected chi connectivity index (χ2v) is 7.24. The maximum absolute atomic E-state index is 4.79. The molecule has 1 aliphatic carbocycles. The summed E-state index contributed by atoms with van der Waals surface area (Å²) >= 11 is 1.79. The Bertz CT molecular complexity index is 381. The molecule has 4 heteroatoms. The Morgan fingerprint density at radius 1 is 1.30 bits per heavy atom. The van der Waals surface area contributed by atoms with E-state index in [4.69, 9.17) is 4.98 Å². The average molecular weight is 295 g/mol. The van der Waals surface area contributed by atoms with Crippen LogP contribution < -0.4 is 10.2 Å². The summed E-state index contributed by atoms with van der Waals surface area (Å²) in [6, 6.07) is 0.695. The molecule has 20 heavy (non-hydrogen) atoms. The molecular formula is C16H29N3S. The van der Waals surface area contributed by atoms with E-state index in [2.05, 4.69) is 36.5 Å². The molecule has 0 radical (unpaired) electrons. The van der Waals surface area contributed by atoms with Crippen LogP contribution in [0.4, 0.5) is 5.13 Å². The normalized spacial score (nSPS) is 17.4. The molecule has 1 N–H and O–H groups in total. The summed E-state index contributed by atoms with van der Waals surface area (Å²) in [6.07, 6.45) is 8.24. The van der Waals surface area contributed by atoms with Gasteiger partial charge in [0.05, 0.1) is 5.69 Å². The molecule has 0 atom stereocenters. The minimum absolute atomic E-state index is 0.695. The predicted octanol–water partition coefficient (Wildman–Crippen LogP) is 4.05. The molecule has 1 aliphatic rings. The van der Waals surface area contributed by atoms with Crippen molar-refractivity contribution in [2.75, 3.05) is 18.5 Å². The fourth-order valence-corrected chi connectivity index (χ4v) is 3.69. The number of anilines is 1. The molecule has 0 unspecified atom stereocenters. The third-order valence-corrected chi connectivity index (χ3v) is 5.05. The van der Waals surface area contributed by atoms with Gasteiger partial charge in [-0.1, -0.05) is 39.5 Å². The SMILES string of the molecule is CC(C)CNCc1csc(N(C)C2CCCCCC2)n1. The minimum atomic E-state index is 0.695. The number of nitrogens with one attached hydrogen (secondary N) is 1. The van der Waals surface area contributed by atoms with Crippen molar-refractivity contribution < 1.29 is 0 Å². The summed E-state index contributed by atoms with van der Waals surface area (Å²) in [4.78, 5) is 7.21. The van der Waals surface area contributed by atoms with Gasteiger partial charge in [0.15, 0.2) is 5.13 Å². The summed E-state index contributed by atoms with van der Waals surface area (Å²) in [6.45, 7) is 6.43.